The maximum absolute atomic E-state index is 5.81. The Morgan fingerprint density at radius 1 is 1.42 bits per heavy atom. The van der Waals surface area contributed by atoms with Crippen LogP contribution >= 0.6 is 0 Å². The summed E-state index contributed by atoms with van der Waals surface area (Å²) in [6.07, 6.45) is 1.14. The van der Waals surface area contributed by atoms with Crippen molar-refractivity contribution in [3.8, 4) is 0 Å². The Kier molecular flexibility index (Phi) is 8.05. The average molecular weight is 333 g/mol. The summed E-state index contributed by atoms with van der Waals surface area (Å²) in [6, 6.07) is 10.3. The topological polar surface area (TPSA) is 46.1 Å². The van der Waals surface area contributed by atoms with Crippen LogP contribution in [0.3, 0.4) is 0 Å². The Morgan fingerprint density at radius 2 is 2.21 bits per heavy atom. The summed E-state index contributed by atoms with van der Waals surface area (Å²) in [6.45, 7) is 7.19. The van der Waals surface area contributed by atoms with E-state index in [2.05, 4.69) is 41.3 Å². The van der Waals surface area contributed by atoms with Gasteiger partial charge in [-0.15, -0.1) is 0 Å². The minimum absolute atomic E-state index is 0.425. The molecule has 5 nitrogen and oxygen atoms in total. The molecule has 1 heterocycles. The van der Waals surface area contributed by atoms with E-state index in [1.165, 1.54) is 5.56 Å². The van der Waals surface area contributed by atoms with Gasteiger partial charge in [-0.1, -0.05) is 37.3 Å². The van der Waals surface area contributed by atoms with Crippen LogP contribution in [-0.2, 0) is 16.1 Å². The SMILES string of the molecule is CN=C(NCC(C)COCc1ccccc1)N(C)CC1CCOC1. The summed E-state index contributed by atoms with van der Waals surface area (Å²) in [5.74, 6) is 1.98. The molecule has 24 heavy (non-hydrogen) atoms. The van der Waals surface area contributed by atoms with Crippen LogP contribution in [0.4, 0.5) is 0 Å². The molecule has 2 rings (SSSR count). The first-order chi connectivity index (χ1) is 11.7. The first-order valence-electron chi connectivity index (χ1n) is 8.80. The second kappa shape index (κ2) is 10.3. The first kappa shape index (κ1) is 18.7. The average Bonchev–Trinajstić information content (AvgIpc) is 3.09. The molecule has 0 aliphatic carbocycles. The number of aliphatic imine (C=N–C) groups is 1. The van der Waals surface area contributed by atoms with Crippen LogP contribution in [0.1, 0.15) is 18.9 Å². The van der Waals surface area contributed by atoms with E-state index < -0.39 is 0 Å². The van der Waals surface area contributed by atoms with E-state index in [1.54, 1.807) is 0 Å². The molecule has 2 unspecified atom stereocenters. The molecule has 1 aliphatic heterocycles. The number of benzene rings is 1. The van der Waals surface area contributed by atoms with Crippen molar-refractivity contribution in [2.24, 2.45) is 16.8 Å². The third kappa shape index (κ3) is 6.49. The fourth-order valence-electron chi connectivity index (χ4n) is 2.86. The molecule has 134 valence electrons. The van der Waals surface area contributed by atoms with Crippen LogP contribution in [0.2, 0.25) is 0 Å². The summed E-state index contributed by atoms with van der Waals surface area (Å²) in [5.41, 5.74) is 1.21. The van der Waals surface area contributed by atoms with Gasteiger partial charge in [-0.3, -0.25) is 4.99 Å². The van der Waals surface area contributed by atoms with E-state index in [-0.39, 0.29) is 0 Å². The summed E-state index contributed by atoms with van der Waals surface area (Å²) in [4.78, 5) is 6.57. The molecule has 0 bridgehead atoms. The third-order valence-electron chi connectivity index (χ3n) is 4.25. The molecule has 0 spiro atoms. The minimum Gasteiger partial charge on any atom is -0.381 e. The Morgan fingerprint density at radius 3 is 2.88 bits per heavy atom. The van der Waals surface area contributed by atoms with E-state index >= 15 is 0 Å². The molecule has 0 saturated carbocycles. The largest absolute Gasteiger partial charge is 0.381 e. The van der Waals surface area contributed by atoms with Gasteiger partial charge in [-0.05, 0) is 17.9 Å². The minimum atomic E-state index is 0.425. The maximum Gasteiger partial charge on any atom is 0.193 e. The molecule has 1 fully saturated rings. The van der Waals surface area contributed by atoms with Gasteiger partial charge in [0.15, 0.2) is 5.96 Å². The lowest BCUT2D eigenvalue weighted by Gasteiger charge is -2.25. The van der Waals surface area contributed by atoms with Crippen LogP contribution in [0, 0.1) is 11.8 Å². The molecule has 1 saturated heterocycles. The number of nitrogens with one attached hydrogen (secondary N) is 1. The molecule has 0 amide bonds. The van der Waals surface area contributed by atoms with Gasteiger partial charge in [-0.2, -0.15) is 0 Å². The smallest absolute Gasteiger partial charge is 0.193 e. The molecule has 1 aliphatic rings. The standard InChI is InChI=1S/C19H31N3O2/c1-16(13-24-14-17-7-5-4-6-8-17)11-21-19(20-2)22(3)12-18-9-10-23-15-18/h4-8,16,18H,9-15H2,1-3H3,(H,20,21). The molecule has 1 aromatic carbocycles. The van der Waals surface area contributed by atoms with Gasteiger partial charge in [-0.25, -0.2) is 0 Å². The lowest BCUT2D eigenvalue weighted by Crippen LogP contribution is -2.43. The van der Waals surface area contributed by atoms with Crippen molar-refractivity contribution in [2.45, 2.75) is 20.0 Å². The number of hydrogen-bond acceptors (Lipinski definition) is 3. The van der Waals surface area contributed by atoms with Gasteiger partial charge in [0.1, 0.15) is 0 Å². The van der Waals surface area contributed by atoms with Crippen LogP contribution in [0.25, 0.3) is 0 Å². The highest BCUT2D eigenvalue weighted by atomic mass is 16.5. The summed E-state index contributed by atoms with van der Waals surface area (Å²) in [7, 11) is 3.92. The number of guanidine groups is 1. The fraction of sp³-hybridized carbons (Fsp3) is 0.632. The lowest BCUT2D eigenvalue weighted by molar-refractivity contribution is 0.0929. The monoisotopic (exact) mass is 333 g/mol. The summed E-state index contributed by atoms with van der Waals surface area (Å²) in [5, 5.41) is 3.45. The number of nitrogens with zero attached hydrogens (tertiary/aromatic N) is 2. The molecule has 5 heteroatoms. The fourth-order valence-corrected chi connectivity index (χ4v) is 2.86. The second-order valence-corrected chi connectivity index (χ2v) is 6.64. The zero-order valence-electron chi connectivity index (χ0n) is 15.2. The van der Waals surface area contributed by atoms with E-state index in [4.69, 9.17) is 9.47 Å². The molecule has 0 aromatic heterocycles. The van der Waals surface area contributed by atoms with E-state index in [9.17, 15) is 0 Å². The molecule has 2 atom stereocenters. The molecule has 1 aromatic rings. The van der Waals surface area contributed by atoms with Gasteiger partial charge in [0.2, 0.25) is 0 Å². The van der Waals surface area contributed by atoms with Crippen LogP contribution in [-0.4, -0.2) is 57.9 Å². The second-order valence-electron chi connectivity index (χ2n) is 6.64. The quantitative estimate of drug-likeness (QED) is 0.586. The van der Waals surface area contributed by atoms with Crippen molar-refractivity contribution in [1.29, 1.82) is 0 Å². The van der Waals surface area contributed by atoms with Gasteiger partial charge < -0.3 is 19.7 Å². The predicted octanol–water partition coefficient (Wildman–Crippen LogP) is 2.38. The Labute approximate surface area is 146 Å². The zero-order chi connectivity index (χ0) is 17.2. The highest BCUT2D eigenvalue weighted by Crippen LogP contribution is 2.13. The third-order valence-corrected chi connectivity index (χ3v) is 4.25. The van der Waals surface area contributed by atoms with Crippen molar-refractivity contribution in [2.75, 3.05) is 47.0 Å². The molecular weight excluding hydrogens is 302 g/mol. The number of rotatable bonds is 8. The van der Waals surface area contributed by atoms with Crippen LogP contribution in [0.15, 0.2) is 35.3 Å². The van der Waals surface area contributed by atoms with Crippen molar-refractivity contribution >= 4 is 5.96 Å². The molecule has 1 N–H and O–H groups in total. The number of ether oxygens (including phenoxy) is 2. The molecular formula is C19H31N3O2. The van der Waals surface area contributed by atoms with Crippen molar-refractivity contribution in [1.82, 2.24) is 10.2 Å². The van der Waals surface area contributed by atoms with Gasteiger partial charge in [0.05, 0.1) is 19.8 Å². The van der Waals surface area contributed by atoms with Gasteiger partial charge in [0, 0.05) is 39.7 Å². The molecule has 0 radical (unpaired) electrons. The maximum atomic E-state index is 5.81. The first-order valence-corrected chi connectivity index (χ1v) is 8.80. The Bertz CT molecular complexity index is 487. The number of hydrogen-bond donors (Lipinski definition) is 1. The van der Waals surface area contributed by atoms with Crippen LogP contribution < -0.4 is 5.32 Å². The van der Waals surface area contributed by atoms with Crippen molar-refractivity contribution in [3.05, 3.63) is 35.9 Å². The van der Waals surface area contributed by atoms with Crippen molar-refractivity contribution < 1.29 is 9.47 Å². The highest BCUT2D eigenvalue weighted by molar-refractivity contribution is 5.79. The zero-order valence-corrected chi connectivity index (χ0v) is 15.2. The normalized spacial score (nSPS) is 19.3. The lowest BCUT2D eigenvalue weighted by atomic mass is 10.1. The van der Waals surface area contributed by atoms with Gasteiger partial charge in [0.25, 0.3) is 0 Å². The predicted molar refractivity (Wildman–Crippen MR) is 98.2 cm³/mol. The van der Waals surface area contributed by atoms with Crippen molar-refractivity contribution in [3.63, 3.8) is 0 Å². The van der Waals surface area contributed by atoms with E-state index in [1.807, 2.05) is 25.2 Å². The Balaban J connectivity index is 1.64. The summed E-state index contributed by atoms with van der Waals surface area (Å²) < 4.78 is 11.3. The van der Waals surface area contributed by atoms with Crippen LogP contribution in [0.5, 0.6) is 0 Å². The highest BCUT2D eigenvalue weighted by Gasteiger charge is 2.19. The summed E-state index contributed by atoms with van der Waals surface area (Å²) >= 11 is 0. The van der Waals surface area contributed by atoms with E-state index in [0.29, 0.717) is 18.4 Å². The van der Waals surface area contributed by atoms with Gasteiger partial charge >= 0.3 is 0 Å². The van der Waals surface area contributed by atoms with E-state index in [0.717, 1.165) is 45.3 Å². The Hall–Kier alpha value is -1.59.